The summed E-state index contributed by atoms with van der Waals surface area (Å²) in [5.41, 5.74) is 0. The van der Waals surface area contributed by atoms with Gasteiger partial charge in [-0.1, -0.05) is 0 Å². The lowest BCUT2D eigenvalue weighted by Gasteiger charge is -2.22. The lowest BCUT2D eigenvalue weighted by molar-refractivity contribution is -0.120. The Morgan fingerprint density at radius 1 is 1.27 bits per heavy atom. The van der Waals surface area contributed by atoms with Gasteiger partial charge in [-0.05, 0) is 43.9 Å². The fraction of sp³-hybridized carbons (Fsp3) is 0.500. The average molecular weight is 333 g/mol. The average Bonchev–Trinajstić information content (AvgIpc) is 2.48. The topological polar surface area (TPSA) is 72.5 Å². The van der Waals surface area contributed by atoms with Gasteiger partial charge in [0.2, 0.25) is 5.91 Å². The molecule has 1 fully saturated rings. The maximum atomic E-state index is 13.1. The van der Waals surface area contributed by atoms with Crippen LogP contribution in [0.15, 0.2) is 23.1 Å². The Morgan fingerprint density at radius 3 is 2.68 bits per heavy atom. The van der Waals surface area contributed by atoms with Gasteiger partial charge in [0.25, 0.3) is 10.0 Å². The quantitative estimate of drug-likeness (QED) is 0.896. The lowest BCUT2D eigenvalue weighted by Crippen LogP contribution is -2.31. The molecule has 1 aliphatic heterocycles. The van der Waals surface area contributed by atoms with Crippen molar-refractivity contribution in [1.82, 2.24) is 4.72 Å². The van der Waals surface area contributed by atoms with Crippen molar-refractivity contribution in [3.05, 3.63) is 29.8 Å². The molecule has 1 N–H and O–H groups in total. The van der Waals surface area contributed by atoms with Gasteiger partial charge < -0.3 is 4.74 Å². The minimum absolute atomic E-state index is 0.00638. The summed E-state index contributed by atoms with van der Waals surface area (Å²) in [5.74, 6) is -3.13. The van der Waals surface area contributed by atoms with Gasteiger partial charge in [0.15, 0.2) is 11.6 Å². The molecule has 1 amide bonds. The van der Waals surface area contributed by atoms with E-state index in [4.69, 9.17) is 4.74 Å². The number of carbonyl (C=O) groups excluding carboxylic acids is 1. The van der Waals surface area contributed by atoms with Crippen molar-refractivity contribution in [2.45, 2.75) is 43.1 Å². The predicted octanol–water partition coefficient (Wildman–Crippen LogP) is 2.12. The van der Waals surface area contributed by atoms with Crippen LogP contribution in [0, 0.1) is 11.6 Å². The van der Waals surface area contributed by atoms with E-state index in [2.05, 4.69) is 0 Å². The molecule has 1 saturated heterocycles. The summed E-state index contributed by atoms with van der Waals surface area (Å²) in [4.78, 5) is 11.2. The van der Waals surface area contributed by atoms with E-state index >= 15 is 0 Å². The molecule has 1 aromatic rings. The molecule has 1 atom stereocenters. The zero-order valence-electron chi connectivity index (χ0n) is 11.8. The Hall–Kier alpha value is -1.54. The van der Waals surface area contributed by atoms with E-state index in [0.717, 1.165) is 25.3 Å². The molecule has 8 heteroatoms. The van der Waals surface area contributed by atoms with Gasteiger partial charge in [-0.25, -0.2) is 21.9 Å². The van der Waals surface area contributed by atoms with Crippen LogP contribution in [0.25, 0.3) is 0 Å². The number of nitrogens with one attached hydrogen (secondary N) is 1. The van der Waals surface area contributed by atoms with Crippen molar-refractivity contribution in [2.75, 3.05) is 6.61 Å². The summed E-state index contributed by atoms with van der Waals surface area (Å²) in [7, 11) is -4.20. The molecular formula is C14H17F2NO4S. The number of amides is 1. The highest BCUT2D eigenvalue weighted by Gasteiger charge is 2.21. The molecule has 0 bridgehead atoms. The Kier molecular flexibility index (Phi) is 5.47. The van der Waals surface area contributed by atoms with Crippen LogP contribution in [0.3, 0.4) is 0 Å². The predicted molar refractivity (Wildman–Crippen MR) is 74.5 cm³/mol. The fourth-order valence-corrected chi connectivity index (χ4v) is 3.26. The summed E-state index contributed by atoms with van der Waals surface area (Å²) >= 11 is 0. The summed E-state index contributed by atoms with van der Waals surface area (Å²) in [6.45, 7) is 0.652. The maximum absolute atomic E-state index is 13.1. The number of benzene rings is 1. The van der Waals surface area contributed by atoms with Crippen LogP contribution in [0.1, 0.15) is 32.1 Å². The van der Waals surface area contributed by atoms with Gasteiger partial charge in [-0.2, -0.15) is 0 Å². The van der Waals surface area contributed by atoms with Crippen LogP contribution in [0.4, 0.5) is 8.78 Å². The van der Waals surface area contributed by atoms with Gasteiger partial charge in [0.1, 0.15) is 0 Å². The van der Waals surface area contributed by atoms with Crippen LogP contribution in [-0.2, 0) is 19.6 Å². The van der Waals surface area contributed by atoms with E-state index in [1.54, 1.807) is 0 Å². The van der Waals surface area contributed by atoms with Crippen LogP contribution in [0.2, 0.25) is 0 Å². The van der Waals surface area contributed by atoms with Crippen LogP contribution in [0.5, 0.6) is 0 Å². The van der Waals surface area contributed by atoms with Crippen LogP contribution < -0.4 is 4.72 Å². The van der Waals surface area contributed by atoms with Gasteiger partial charge in [-0.15, -0.1) is 0 Å². The second-order valence-corrected chi connectivity index (χ2v) is 6.81. The molecule has 1 aromatic carbocycles. The molecule has 1 heterocycles. The third kappa shape index (κ3) is 4.48. The van der Waals surface area contributed by atoms with E-state index in [-0.39, 0.29) is 12.5 Å². The van der Waals surface area contributed by atoms with E-state index in [1.165, 1.54) is 0 Å². The number of ether oxygens (including phenoxy) is 1. The molecule has 0 radical (unpaired) electrons. The first kappa shape index (κ1) is 16.8. The molecule has 2 rings (SSSR count). The third-order valence-corrected chi connectivity index (χ3v) is 4.79. The number of rotatable bonds is 5. The monoisotopic (exact) mass is 333 g/mol. The highest BCUT2D eigenvalue weighted by Crippen LogP contribution is 2.17. The molecule has 22 heavy (non-hydrogen) atoms. The summed E-state index contributed by atoms with van der Waals surface area (Å²) in [6, 6.07) is 2.14. The normalized spacial score (nSPS) is 18.9. The number of sulfonamides is 1. The van der Waals surface area contributed by atoms with E-state index in [9.17, 15) is 22.0 Å². The molecule has 0 aromatic heterocycles. The second kappa shape index (κ2) is 7.15. The van der Waals surface area contributed by atoms with Crippen molar-refractivity contribution >= 4 is 15.9 Å². The fourth-order valence-electron chi connectivity index (χ4n) is 2.23. The number of halogens is 2. The maximum Gasteiger partial charge on any atom is 0.264 e. The Balaban J connectivity index is 1.92. The van der Waals surface area contributed by atoms with Gasteiger partial charge >= 0.3 is 0 Å². The van der Waals surface area contributed by atoms with Crippen molar-refractivity contribution in [3.8, 4) is 0 Å². The smallest absolute Gasteiger partial charge is 0.264 e. The first-order chi connectivity index (χ1) is 10.4. The molecule has 5 nitrogen and oxygen atoms in total. The molecule has 0 spiro atoms. The van der Waals surface area contributed by atoms with Crippen molar-refractivity contribution < 1.29 is 26.7 Å². The minimum Gasteiger partial charge on any atom is -0.378 e. The number of hydrogen-bond acceptors (Lipinski definition) is 4. The highest BCUT2D eigenvalue weighted by atomic mass is 32.2. The first-order valence-electron chi connectivity index (χ1n) is 7.01. The van der Waals surface area contributed by atoms with Crippen molar-refractivity contribution in [2.24, 2.45) is 0 Å². The molecule has 0 aliphatic carbocycles. The zero-order chi connectivity index (χ0) is 16.2. The molecule has 122 valence electrons. The largest absolute Gasteiger partial charge is 0.378 e. The van der Waals surface area contributed by atoms with Gasteiger partial charge in [0.05, 0.1) is 11.0 Å². The first-order valence-corrected chi connectivity index (χ1v) is 8.49. The van der Waals surface area contributed by atoms with Crippen LogP contribution >= 0.6 is 0 Å². The summed E-state index contributed by atoms with van der Waals surface area (Å²) < 4.78 is 57.0. The molecule has 1 aliphatic rings. The van der Waals surface area contributed by atoms with Crippen molar-refractivity contribution in [1.29, 1.82) is 0 Å². The highest BCUT2D eigenvalue weighted by molar-refractivity contribution is 7.90. The molecule has 1 unspecified atom stereocenters. The Labute approximate surface area is 127 Å². The van der Waals surface area contributed by atoms with Gasteiger partial charge in [-0.3, -0.25) is 4.79 Å². The lowest BCUT2D eigenvalue weighted by atomic mass is 10.0. The van der Waals surface area contributed by atoms with E-state index in [0.29, 0.717) is 25.2 Å². The number of hydrogen-bond donors (Lipinski definition) is 1. The molecule has 0 saturated carbocycles. The Bertz CT molecular complexity index is 642. The van der Waals surface area contributed by atoms with E-state index < -0.39 is 32.5 Å². The second-order valence-electron chi connectivity index (χ2n) is 5.13. The third-order valence-electron chi connectivity index (χ3n) is 3.42. The van der Waals surface area contributed by atoms with Crippen molar-refractivity contribution in [3.63, 3.8) is 0 Å². The van der Waals surface area contributed by atoms with Gasteiger partial charge in [0, 0.05) is 13.0 Å². The van der Waals surface area contributed by atoms with Crippen LogP contribution in [-0.4, -0.2) is 27.0 Å². The number of carbonyl (C=O) groups is 1. The summed E-state index contributed by atoms with van der Waals surface area (Å²) in [6.07, 6.45) is 3.26. The standard InChI is InChI=1S/C14H17F2NO4S/c15-12-6-5-11(9-13(12)16)22(19,20)17-14(18)7-4-10-3-1-2-8-21-10/h5-6,9-10H,1-4,7-8H2,(H,17,18). The molecular weight excluding hydrogens is 316 g/mol. The SMILES string of the molecule is O=C(CCC1CCCCO1)NS(=O)(=O)c1ccc(F)c(F)c1. The Morgan fingerprint density at radius 2 is 2.05 bits per heavy atom. The zero-order valence-corrected chi connectivity index (χ0v) is 12.7. The summed E-state index contributed by atoms with van der Waals surface area (Å²) in [5, 5.41) is 0. The minimum atomic E-state index is -4.20. The van der Waals surface area contributed by atoms with E-state index in [1.807, 2.05) is 4.72 Å².